The molecule has 2 atom stereocenters. The second kappa shape index (κ2) is 4.34. The van der Waals surface area contributed by atoms with Gasteiger partial charge in [0.1, 0.15) is 0 Å². The van der Waals surface area contributed by atoms with Crippen molar-refractivity contribution in [3.05, 3.63) is 71.3 Å². The Kier molecular flexibility index (Phi) is 2.69. The minimum Gasteiger partial charge on any atom is -0.388 e. The van der Waals surface area contributed by atoms with Crippen molar-refractivity contribution in [1.82, 2.24) is 0 Å². The molecule has 0 saturated heterocycles. The topological polar surface area (TPSA) is 20.2 Å². The molecule has 0 aromatic heterocycles. The molecular formula is C16H16O. The van der Waals surface area contributed by atoms with Crippen LogP contribution in [-0.4, -0.2) is 5.11 Å². The van der Waals surface area contributed by atoms with Gasteiger partial charge in [0.15, 0.2) is 0 Å². The highest BCUT2D eigenvalue weighted by molar-refractivity contribution is 5.36. The molecule has 17 heavy (non-hydrogen) atoms. The van der Waals surface area contributed by atoms with Gasteiger partial charge in [-0.05, 0) is 29.5 Å². The van der Waals surface area contributed by atoms with Crippen LogP contribution in [0.2, 0.25) is 0 Å². The quantitative estimate of drug-likeness (QED) is 0.786. The van der Waals surface area contributed by atoms with Gasteiger partial charge in [0.25, 0.3) is 0 Å². The number of aliphatic hydroxyl groups excluding tert-OH is 1. The first-order chi connectivity index (χ1) is 8.36. The van der Waals surface area contributed by atoms with Gasteiger partial charge < -0.3 is 5.11 Å². The minimum absolute atomic E-state index is 0.242. The van der Waals surface area contributed by atoms with Crippen LogP contribution in [0.15, 0.2) is 54.6 Å². The Hall–Kier alpha value is -1.60. The van der Waals surface area contributed by atoms with E-state index in [1.807, 2.05) is 30.3 Å². The van der Waals surface area contributed by atoms with Crippen LogP contribution in [0.4, 0.5) is 0 Å². The van der Waals surface area contributed by atoms with Gasteiger partial charge in [0, 0.05) is 5.92 Å². The number of aryl methyl sites for hydroxylation is 1. The van der Waals surface area contributed by atoms with E-state index in [2.05, 4.69) is 24.3 Å². The number of fused-ring (bicyclic) bond motifs is 1. The normalized spacial score (nSPS) is 23.1. The van der Waals surface area contributed by atoms with Crippen molar-refractivity contribution >= 4 is 0 Å². The van der Waals surface area contributed by atoms with E-state index in [4.69, 9.17) is 0 Å². The third-order valence-corrected chi connectivity index (χ3v) is 3.71. The lowest BCUT2D eigenvalue weighted by Crippen LogP contribution is -2.18. The summed E-state index contributed by atoms with van der Waals surface area (Å²) in [6.45, 7) is 0. The molecule has 2 aromatic rings. The van der Waals surface area contributed by atoms with E-state index in [0.29, 0.717) is 0 Å². The van der Waals surface area contributed by atoms with Crippen molar-refractivity contribution in [2.45, 2.75) is 24.9 Å². The predicted octanol–water partition coefficient (Wildman–Crippen LogP) is 3.45. The molecule has 1 aliphatic carbocycles. The molecule has 0 bridgehead atoms. The highest BCUT2D eigenvalue weighted by atomic mass is 16.3. The zero-order valence-corrected chi connectivity index (χ0v) is 9.71. The zero-order valence-electron chi connectivity index (χ0n) is 9.71. The lowest BCUT2D eigenvalue weighted by atomic mass is 9.78. The van der Waals surface area contributed by atoms with Crippen LogP contribution in [-0.2, 0) is 6.42 Å². The highest BCUT2D eigenvalue weighted by Crippen LogP contribution is 2.40. The Balaban J connectivity index is 1.97. The molecule has 2 aromatic carbocycles. The maximum absolute atomic E-state index is 10.5. The second-order valence-corrected chi connectivity index (χ2v) is 4.70. The first-order valence-electron chi connectivity index (χ1n) is 6.17. The number of benzene rings is 2. The van der Waals surface area contributed by atoms with Crippen LogP contribution in [0.3, 0.4) is 0 Å². The summed E-state index contributed by atoms with van der Waals surface area (Å²) in [5.41, 5.74) is 3.65. The SMILES string of the molecule is O[C@H]1c2ccccc2CC[C@H]1c1ccccc1. The first-order valence-corrected chi connectivity index (χ1v) is 6.17. The van der Waals surface area contributed by atoms with Crippen molar-refractivity contribution in [3.8, 4) is 0 Å². The largest absolute Gasteiger partial charge is 0.388 e. The summed E-state index contributed by atoms with van der Waals surface area (Å²) in [7, 11) is 0. The van der Waals surface area contributed by atoms with E-state index >= 15 is 0 Å². The lowest BCUT2D eigenvalue weighted by Gasteiger charge is -2.30. The van der Waals surface area contributed by atoms with Crippen LogP contribution in [0, 0.1) is 0 Å². The van der Waals surface area contributed by atoms with E-state index in [0.717, 1.165) is 18.4 Å². The lowest BCUT2D eigenvalue weighted by molar-refractivity contribution is 0.131. The summed E-state index contributed by atoms with van der Waals surface area (Å²) in [5, 5.41) is 10.5. The van der Waals surface area contributed by atoms with Gasteiger partial charge in [-0.1, -0.05) is 54.6 Å². The van der Waals surface area contributed by atoms with Crippen molar-refractivity contribution < 1.29 is 5.11 Å². The maximum atomic E-state index is 10.5. The first kappa shape index (κ1) is 10.5. The molecule has 0 heterocycles. The van der Waals surface area contributed by atoms with Crippen LogP contribution in [0.25, 0.3) is 0 Å². The zero-order chi connectivity index (χ0) is 11.7. The predicted molar refractivity (Wildman–Crippen MR) is 68.9 cm³/mol. The Morgan fingerprint density at radius 3 is 2.41 bits per heavy atom. The molecular weight excluding hydrogens is 208 g/mol. The van der Waals surface area contributed by atoms with Crippen molar-refractivity contribution in [2.75, 3.05) is 0 Å². The second-order valence-electron chi connectivity index (χ2n) is 4.70. The third kappa shape index (κ3) is 1.87. The monoisotopic (exact) mass is 224 g/mol. The maximum Gasteiger partial charge on any atom is 0.0861 e. The van der Waals surface area contributed by atoms with Gasteiger partial charge >= 0.3 is 0 Å². The number of hydrogen-bond acceptors (Lipinski definition) is 1. The van der Waals surface area contributed by atoms with Gasteiger partial charge in [0.05, 0.1) is 6.10 Å². The summed E-state index contributed by atoms with van der Waals surface area (Å²) in [4.78, 5) is 0. The molecule has 86 valence electrons. The Labute approximate surface area is 102 Å². The van der Waals surface area contributed by atoms with Gasteiger partial charge in [-0.3, -0.25) is 0 Å². The van der Waals surface area contributed by atoms with Crippen LogP contribution < -0.4 is 0 Å². The summed E-state index contributed by atoms with van der Waals surface area (Å²) in [6.07, 6.45) is 1.73. The number of rotatable bonds is 1. The van der Waals surface area contributed by atoms with E-state index in [9.17, 15) is 5.11 Å². The number of hydrogen-bond donors (Lipinski definition) is 1. The molecule has 0 amide bonds. The molecule has 0 fully saturated rings. The molecule has 1 nitrogen and oxygen atoms in total. The van der Waals surface area contributed by atoms with Gasteiger partial charge in [0.2, 0.25) is 0 Å². The fourth-order valence-corrected chi connectivity index (χ4v) is 2.79. The van der Waals surface area contributed by atoms with E-state index in [-0.39, 0.29) is 12.0 Å². The Morgan fingerprint density at radius 1 is 0.882 bits per heavy atom. The minimum atomic E-state index is -0.359. The highest BCUT2D eigenvalue weighted by Gasteiger charge is 2.28. The summed E-state index contributed by atoms with van der Waals surface area (Å²) in [6, 6.07) is 18.6. The van der Waals surface area contributed by atoms with Crippen molar-refractivity contribution in [2.24, 2.45) is 0 Å². The van der Waals surface area contributed by atoms with Gasteiger partial charge in [-0.25, -0.2) is 0 Å². The van der Waals surface area contributed by atoms with Crippen molar-refractivity contribution in [3.63, 3.8) is 0 Å². The molecule has 0 aliphatic heterocycles. The summed E-state index contributed by atoms with van der Waals surface area (Å²) < 4.78 is 0. The van der Waals surface area contributed by atoms with Crippen LogP contribution >= 0.6 is 0 Å². The molecule has 0 unspecified atom stereocenters. The Morgan fingerprint density at radius 2 is 1.59 bits per heavy atom. The van der Waals surface area contributed by atoms with Crippen molar-refractivity contribution in [1.29, 1.82) is 0 Å². The fraction of sp³-hybridized carbons (Fsp3) is 0.250. The van der Waals surface area contributed by atoms with E-state index < -0.39 is 0 Å². The fourth-order valence-electron chi connectivity index (χ4n) is 2.79. The average Bonchev–Trinajstić information content (AvgIpc) is 2.40. The molecule has 1 N–H and O–H groups in total. The van der Waals surface area contributed by atoms with Gasteiger partial charge in [-0.15, -0.1) is 0 Å². The molecule has 1 heteroatoms. The third-order valence-electron chi connectivity index (χ3n) is 3.71. The van der Waals surface area contributed by atoms with E-state index in [1.165, 1.54) is 11.1 Å². The van der Waals surface area contributed by atoms with E-state index in [1.54, 1.807) is 0 Å². The van der Waals surface area contributed by atoms with Gasteiger partial charge in [-0.2, -0.15) is 0 Å². The smallest absolute Gasteiger partial charge is 0.0861 e. The molecule has 0 radical (unpaired) electrons. The van der Waals surface area contributed by atoms with Crippen LogP contribution in [0.5, 0.6) is 0 Å². The summed E-state index contributed by atoms with van der Waals surface area (Å²) >= 11 is 0. The molecule has 0 spiro atoms. The summed E-state index contributed by atoms with van der Waals surface area (Å²) in [5.74, 6) is 0.242. The number of aliphatic hydroxyl groups is 1. The molecule has 1 aliphatic rings. The average molecular weight is 224 g/mol. The molecule has 0 saturated carbocycles. The molecule has 3 rings (SSSR count). The Bertz CT molecular complexity index is 504. The van der Waals surface area contributed by atoms with Crippen LogP contribution in [0.1, 0.15) is 35.1 Å². The standard InChI is InChI=1S/C16H16O/c17-16-14-9-5-4-8-13(14)10-11-15(16)12-6-2-1-3-7-12/h1-9,15-17H,10-11H2/t15-,16-/m0/s1.